The highest BCUT2D eigenvalue weighted by Crippen LogP contribution is 2.16. The summed E-state index contributed by atoms with van der Waals surface area (Å²) in [7, 11) is 4.39. The smallest absolute Gasteiger partial charge is 0.0277 e. The van der Waals surface area contributed by atoms with Crippen LogP contribution in [-0.4, -0.2) is 49.1 Å². The van der Waals surface area contributed by atoms with Gasteiger partial charge in [0.15, 0.2) is 0 Å². The lowest BCUT2D eigenvalue weighted by molar-refractivity contribution is 0.0541. The lowest BCUT2D eigenvalue weighted by atomic mass is 10.0. The third-order valence-corrected chi connectivity index (χ3v) is 2.51. The van der Waals surface area contributed by atoms with E-state index in [1.54, 1.807) is 0 Å². The van der Waals surface area contributed by atoms with Crippen molar-refractivity contribution in [2.75, 3.05) is 33.7 Å². The van der Waals surface area contributed by atoms with Crippen LogP contribution in [0.15, 0.2) is 0 Å². The van der Waals surface area contributed by atoms with E-state index in [1.807, 2.05) is 13.8 Å². The Labute approximate surface area is 77.5 Å². The van der Waals surface area contributed by atoms with E-state index in [0.717, 1.165) is 0 Å². The van der Waals surface area contributed by atoms with Gasteiger partial charge in [-0.1, -0.05) is 13.8 Å². The van der Waals surface area contributed by atoms with E-state index < -0.39 is 0 Å². The molecule has 1 saturated heterocycles. The summed E-state index contributed by atoms with van der Waals surface area (Å²) in [6.45, 7) is 12.2. The zero-order valence-corrected chi connectivity index (χ0v) is 9.52. The lowest BCUT2D eigenvalue weighted by Gasteiger charge is -2.44. The first kappa shape index (κ1) is 11.9. The number of piperazine rings is 1. The van der Waals surface area contributed by atoms with Crippen molar-refractivity contribution in [3.05, 3.63) is 0 Å². The Balaban J connectivity index is 0.000000561. The molecule has 0 aromatic rings. The standard InChI is InChI=1S/C8H18N2.C2H6/c1-8(2)7-9(3)5-6-10(8)4;1-2/h5-7H2,1-4H3;1-2H3. The molecule has 0 N–H and O–H groups in total. The second-order valence-corrected chi connectivity index (χ2v) is 3.97. The van der Waals surface area contributed by atoms with E-state index >= 15 is 0 Å². The Bertz CT molecular complexity index is 121. The van der Waals surface area contributed by atoms with Gasteiger partial charge in [-0.2, -0.15) is 0 Å². The molecular formula is C10H24N2. The molecule has 0 unspecified atom stereocenters. The SMILES string of the molecule is CC.CN1CCN(C)C(C)(C)C1. The first-order chi connectivity index (χ1) is 5.52. The molecule has 0 saturated carbocycles. The van der Waals surface area contributed by atoms with Gasteiger partial charge in [0.2, 0.25) is 0 Å². The van der Waals surface area contributed by atoms with Gasteiger partial charge in [-0.25, -0.2) is 0 Å². The fourth-order valence-corrected chi connectivity index (χ4v) is 1.48. The van der Waals surface area contributed by atoms with Gasteiger partial charge >= 0.3 is 0 Å². The van der Waals surface area contributed by atoms with E-state index in [9.17, 15) is 0 Å². The molecule has 0 aromatic heterocycles. The fourth-order valence-electron chi connectivity index (χ4n) is 1.48. The molecule has 0 amide bonds. The maximum Gasteiger partial charge on any atom is 0.0277 e. The fraction of sp³-hybridized carbons (Fsp3) is 1.00. The van der Waals surface area contributed by atoms with Gasteiger partial charge in [-0.15, -0.1) is 0 Å². The highest BCUT2D eigenvalue weighted by molar-refractivity contribution is 4.86. The predicted molar refractivity (Wildman–Crippen MR) is 55.6 cm³/mol. The summed E-state index contributed by atoms with van der Waals surface area (Å²) in [6, 6.07) is 0. The summed E-state index contributed by atoms with van der Waals surface area (Å²) in [5.74, 6) is 0. The maximum atomic E-state index is 2.42. The van der Waals surface area contributed by atoms with Crippen LogP contribution in [0, 0.1) is 0 Å². The van der Waals surface area contributed by atoms with Crippen molar-refractivity contribution >= 4 is 0 Å². The molecule has 1 fully saturated rings. The molecule has 0 spiro atoms. The van der Waals surface area contributed by atoms with Gasteiger partial charge in [-0.05, 0) is 27.9 Å². The number of hydrogen-bond acceptors (Lipinski definition) is 2. The van der Waals surface area contributed by atoms with E-state index in [1.165, 1.54) is 19.6 Å². The van der Waals surface area contributed by atoms with Crippen LogP contribution >= 0.6 is 0 Å². The van der Waals surface area contributed by atoms with E-state index in [2.05, 4.69) is 37.7 Å². The van der Waals surface area contributed by atoms with Crippen molar-refractivity contribution in [3.63, 3.8) is 0 Å². The quantitative estimate of drug-likeness (QED) is 0.548. The van der Waals surface area contributed by atoms with Crippen LogP contribution in [0.1, 0.15) is 27.7 Å². The Morgan fingerprint density at radius 3 is 1.83 bits per heavy atom. The number of hydrogen-bond donors (Lipinski definition) is 0. The molecule has 74 valence electrons. The Hall–Kier alpha value is -0.0800. The second-order valence-electron chi connectivity index (χ2n) is 3.97. The monoisotopic (exact) mass is 172 g/mol. The summed E-state index contributed by atoms with van der Waals surface area (Å²) >= 11 is 0. The Kier molecular flexibility index (Phi) is 4.80. The molecule has 0 atom stereocenters. The molecule has 2 heteroatoms. The minimum atomic E-state index is 0.368. The van der Waals surface area contributed by atoms with Crippen molar-refractivity contribution in [3.8, 4) is 0 Å². The Morgan fingerprint density at radius 2 is 1.50 bits per heavy atom. The van der Waals surface area contributed by atoms with Gasteiger partial charge < -0.3 is 4.90 Å². The molecule has 0 radical (unpaired) electrons. The van der Waals surface area contributed by atoms with Gasteiger partial charge in [0, 0.05) is 25.2 Å². The van der Waals surface area contributed by atoms with Gasteiger partial charge in [0.25, 0.3) is 0 Å². The zero-order chi connectivity index (χ0) is 9.78. The normalized spacial score (nSPS) is 24.5. The molecule has 12 heavy (non-hydrogen) atoms. The number of likely N-dealkylation sites (N-methyl/N-ethyl adjacent to an activating group) is 2. The van der Waals surface area contributed by atoms with Crippen LogP contribution in [0.25, 0.3) is 0 Å². The van der Waals surface area contributed by atoms with E-state index in [-0.39, 0.29) is 0 Å². The molecule has 0 aromatic carbocycles. The molecule has 0 aliphatic carbocycles. The molecule has 1 aliphatic rings. The lowest BCUT2D eigenvalue weighted by Crippen LogP contribution is -2.56. The van der Waals surface area contributed by atoms with Crippen LogP contribution in [0.3, 0.4) is 0 Å². The van der Waals surface area contributed by atoms with E-state index in [4.69, 9.17) is 0 Å². The zero-order valence-electron chi connectivity index (χ0n) is 9.52. The molecule has 0 bridgehead atoms. The largest absolute Gasteiger partial charge is 0.303 e. The highest BCUT2D eigenvalue weighted by atomic mass is 15.3. The van der Waals surface area contributed by atoms with Crippen molar-refractivity contribution in [1.82, 2.24) is 9.80 Å². The molecule has 2 nitrogen and oxygen atoms in total. The Morgan fingerprint density at radius 1 is 1.00 bits per heavy atom. The highest BCUT2D eigenvalue weighted by Gasteiger charge is 2.28. The summed E-state index contributed by atoms with van der Waals surface area (Å²) in [5.41, 5.74) is 0.368. The van der Waals surface area contributed by atoms with Crippen molar-refractivity contribution in [1.29, 1.82) is 0 Å². The third-order valence-electron chi connectivity index (χ3n) is 2.51. The van der Waals surface area contributed by atoms with Crippen molar-refractivity contribution in [2.45, 2.75) is 33.2 Å². The maximum absolute atomic E-state index is 2.42. The molecule has 1 aliphatic heterocycles. The summed E-state index contributed by atoms with van der Waals surface area (Å²) in [6.07, 6.45) is 0. The van der Waals surface area contributed by atoms with Crippen LogP contribution in [0.5, 0.6) is 0 Å². The van der Waals surface area contributed by atoms with Crippen LogP contribution in [0.2, 0.25) is 0 Å². The molecular weight excluding hydrogens is 148 g/mol. The molecule has 1 rings (SSSR count). The van der Waals surface area contributed by atoms with Crippen LogP contribution in [0.4, 0.5) is 0 Å². The van der Waals surface area contributed by atoms with Gasteiger partial charge in [0.05, 0.1) is 0 Å². The summed E-state index contributed by atoms with van der Waals surface area (Å²) in [5, 5.41) is 0. The third kappa shape index (κ3) is 3.11. The summed E-state index contributed by atoms with van der Waals surface area (Å²) in [4.78, 5) is 4.81. The number of rotatable bonds is 0. The topological polar surface area (TPSA) is 6.48 Å². The van der Waals surface area contributed by atoms with Crippen LogP contribution < -0.4 is 0 Å². The first-order valence-corrected chi connectivity index (χ1v) is 4.92. The average Bonchev–Trinajstić information content (AvgIpc) is 2.01. The predicted octanol–water partition coefficient (Wildman–Crippen LogP) is 1.67. The van der Waals surface area contributed by atoms with Gasteiger partial charge in [-0.3, -0.25) is 4.90 Å². The van der Waals surface area contributed by atoms with Gasteiger partial charge in [0.1, 0.15) is 0 Å². The minimum absolute atomic E-state index is 0.368. The van der Waals surface area contributed by atoms with Crippen molar-refractivity contribution < 1.29 is 0 Å². The average molecular weight is 172 g/mol. The first-order valence-electron chi connectivity index (χ1n) is 4.92. The molecule has 1 heterocycles. The second kappa shape index (κ2) is 4.83. The van der Waals surface area contributed by atoms with E-state index in [0.29, 0.717) is 5.54 Å². The van der Waals surface area contributed by atoms with Crippen molar-refractivity contribution in [2.24, 2.45) is 0 Å². The van der Waals surface area contributed by atoms with Crippen LogP contribution in [-0.2, 0) is 0 Å². The minimum Gasteiger partial charge on any atom is -0.303 e. The number of nitrogens with zero attached hydrogens (tertiary/aromatic N) is 2. The summed E-state index contributed by atoms with van der Waals surface area (Å²) < 4.78 is 0.